The number of amides is 1. The van der Waals surface area contributed by atoms with Crippen LogP contribution in [0.2, 0.25) is 5.02 Å². The van der Waals surface area contributed by atoms with Crippen molar-refractivity contribution < 1.29 is 19.0 Å². The van der Waals surface area contributed by atoms with Crippen LogP contribution in [-0.2, 0) is 4.79 Å². The second-order valence-electron chi connectivity index (χ2n) is 5.31. The van der Waals surface area contributed by atoms with E-state index in [1.807, 2.05) is 25.1 Å². The molecule has 0 atom stereocenters. The molecule has 6 nitrogen and oxygen atoms in total. The molecular weight excluding hydrogens is 344 g/mol. The van der Waals surface area contributed by atoms with Crippen molar-refractivity contribution in [1.29, 1.82) is 0 Å². The average molecular weight is 363 g/mol. The van der Waals surface area contributed by atoms with Gasteiger partial charge in [-0.3, -0.25) is 4.79 Å². The maximum Gasteiger partial charge on any atom is 0.243 e. The molecule has 0 saturated heterocycles. The van der Waals surface area contributed by atoms with Crippen LogP contribution < -0.4 is 24.8 Å². The number of fused-ring (bicyclic) bond motifs is 1. The van der Waals surface area contributed by atoms with E-state index in [4.69, 9.17) is 25.8 Å². The molecule has 132 valence electrons. The molecule has 2 N–H and O–H groups in total. The van der Waals surface area contributed by atoms with E-state index in [0.717, 1.165) is 0 Å². The van der Waals surface area contributed by atoms with E-state index in [1.54, 1.807) is 18.2 Å². The molecule has 3 rings (SSSR count). The molecular formula is C18H19ClN2O4. The Kier molecular flexibility index (Phi) is 5.50. The number of halogens is 1. The van der Waals surface area contributed by atoms with Gasteiger partial charge in [0.25, 0.3) is 0 Å². The Labute approximate surface area is 151 Å². The first-order valence-corrected chi connectivity index (χ1v) is 8.40. The van der Waals surface area contributed by atoms with Gasteiger partial charge in [-0.05, 0) is 19.1 Å². The van der Waals surface area contributed by atoms with Crippen LogP contribution in [-0.4, -0.2) is 32.3 Å². The summed E-state index contributed by atoms with van der Waals surface area (Å²) in [5.41, 5.74) is 1.24. The lowest BCUT2D eigenvalue weighted by Crippen LogP contribution is -2.22. The molecule has 25 heavy (non-hydrogen) atoms. The zero-order valence-electron chi connectivity index (χ0n) is 13.8. The topological polar surface area (TPSA) is 68.8 Å². The standard InChI is InChI=1S/C18H19ClN2O4/c1-2-23-15-6-4-3-5-13(15)21-18(22)11-20-14-10-17-16(9-12(14)19)24-7-8-25-17/h3-6,9-10,20H,2,7-8,11H2,1H3,(H,21,22). The van der Waals surface area contributed by atoms with Crippen molar-refractivity contribution in [1.82, 2.24) is 0 Å². The second-order valence-corrected chi connectivity index (χ2v) is 5.71. The smallest absolute Gasteiger partial charge is 0.243 e. The van der Waals surface area contributed by atoms with Gasteiger partial charge in [-0.2, -0.15) is 0 Å². The molecule has 0 fully saturated rings. The number of carbonyl (C=O) groups excluding carboxylic acids is 1. The third-order valence-electron chi connectivity index (χ3n) is 3.53. The Balaban J connectivity index is 1.63. The molecule has 0 spiro atoms. The van der Waals surface area contributed by atoms with E-state index in [0.29, 0.717) is 53.5 Å². The zero-order valence-corrected chi connectivity index (χ0v) is 14.6. The molecule has 1 amide bonds. The Hall–Kier alpha value is -2.60. The highest BCUT2D eigenvalue weighted by Gasteiger charge is 2.15. The second kappa shape index (κ2) is 7.98. The summed E-state index contributed by atoms with van der Waals surface area (Å²) in [5.74, 6) is 1.64. The summed E-state index contributed by atoms with van der Waals surface area (Å²) in [4.78, 5) is 12.2. The predicted molar refractivity (Wildman–Crippen MR) is 97.2 cm³/mol. The number of para-hydroxylation sites is 2. The molecule has 1 aliphatic heterocycles. The number of carbonyl (C=O) groups is 1. The van der Waals surface area contributed by atoms with Crippen LogP contribution in [0.3, 0.4) is 0 Å². The SMILES string of the molecule is CCOc1ccccc1NC(=O)CNc1cc2c(cc1Cl)OCCO2. The maximum absolute atomic E-state index is 12.2. The third kappa shape index (κ3) is 4.28. The Morgan fingerprint density at radius 1 is 1.16 bits per heavy atom. The lowest BCUT2D eigenvalue weighted by Gasteiger charge is -2.20. The van der Waals surface area contributed by atoms with Gasteiger partial charge >= 0.3 is 0 Å². The van der Waals surface area contributed by atoms with Crippen molar-refractivity contribution in [3.05, 3.63) is 41.4 Å². The van der Waals surface area contributed by atoms with Crippen molar-refractivity contribution in [3.63, 3.8) is 0 Å². The van der Waals surface area contributed by atoms with Gasteiger partial charge in [-0.1, -0.05) is 23.7 Å². The monoisotopic (exact) mass is 362 g/mol. The summed E-state index contributed by atoms with van der Waals surface area (Å²) in [5, 5.41) is 6.30. The number of hydrogen-bond donors (Lipinski definition) is 2. The fourth-order valence-corrected chi connectivity index (χ4v) is 2.64. The summed E-state index contributed by atoms with van der Waals surface area (Å²) in [6.07, 6.45) is 0. The van der Waals surface area contributed by atoms with Crippen LogP contribution in [0.4, 0.5) is 11.4 Å². The van der Waals surface area contributed by atoms with Crippen molar-refractivity contribution in [2.45, 2.75) is 6.92 Å². The van der Waals surface area contributed by atoms with E-state index < -0.39 is 0 Å². The summed E-state index contributed by atoms with van der Waals surface area (Å²) in [7, 11) is 0. The number of nitrogens with one attached hydrogen (secondary N) is 2. The minimum absolute atomic E-state index is 0.0554. The number of rotatable bonds is 6. The van der Waals surface area contributed by atoms with Gasteiger partial charge in [0, 0.05) is 12.1 Å². The van der Waals surface area contributed by atoms with Crippen molar-refractivity contribution in [2.24, 2.45) is 0 Å². The maximum atomic E-state index is 12.2. The summed E-state index contributed by atoms with van der Waals surface area (Å²) in [6.45, 7) is 3.46. The molecule has 0 aliphatic carbocycles. The molecule has 7 heteroatoms. The van der Waals surface area contributed by atoms with Crippen LogP contribution in [0.25, 0.3) is 0 Å². The van der Waals surface area contributed by atoms with E-state index in [1.165, 1.54) is 0 Å². The molecule has 0 unspecified atom stereocenters. The van der Waals surface area contributed by atoms with Crippen LogP contribution in [0.5, 0.6) is 17.2 Å². The predicted octanol–water partition coefficient (Wildman–Crippen LogP) is 3.56. The minimum atomic E-state index is -0.210. The van der Waals surface area contributed by atoms with Crippen molar-refractivity contribution in [2.75, 3.05) is 37.0 Å². The Morgan fingerprint density at radius 2 is 1.88 bits per heavy atom. The fraction of sp³-hybridized carbons (Fsp3) is 0.278. The summed E-state index contributed by atoms with van der Waals surface area (Å²) in [6, 6.07) is 10.7. The Morgan fingerprint density at radius 3 is 2.64 bits per heavy atom. The van der Waals surface area contributed by atoms with Gasteiger partial charge in [-0.25, -0.2) is 0 Å². The first-order valence-electron chi connectivity index (χ1n) is 8.02. The van der Waals surface area contributed by atoms with Crippen LogP contribution in [0.15, 0.2) is 36.4 Å². The van der Waals surface area contributed by atoms with Gasteiger partial charge in [0.2, 0.25) is 5.91 Å². The molecule has 1 heterocycles. The van der Waals surface area contributed by atoms with Gasteiger partial charge < -0.3 is 24.8 Å². The first-order chi connectivity index (χ1) is 12.2. The molecule has 2 aromatic carbocycles. The highest BCUT2D eigenvalue weighted by molar-refractivity contribution is 6.33. The van der Waals surface area contributed by atoms with Gasteiger partial charge in [-0.15, -0.1) is 0 Å². The van der Waals surface area contributed by atoms with Crippen LogP contribution >= 0.6 is 11.6 Å². The first kappa shape index (κ1) is 17.2. The lowest BCUT2D eigenvalue weighted by atomic mass is 10.2. The fourth-order valence-electron chi connectivity index (χ4n) is 2.42. The van der Waals surface area contributed by atoms with Gasteiger partial charge in [0.15, 0.2) is 11.5 Å². The normalized spacial score (nSPS) is 12.4. The Bertz CT molecular complexity index is 767. The van der Waals surface area contributed by atoms with Crippen LogP contribution in [0, 0.1) is 0 Å². The molecule has 2 aromatic rings. The quantitative estimate of drug-likeness (QED) is 0.822. The molecule has 0 radical (unpaired) electrons. The van der Waals surface area contributed by atoms with Gasteiger partial charge in [0.1, 0.15) is 19.0 Å². The molecule has 1 aliphatic rings. The average Bonchev–Trinajstić information content (AvgIpc) is 2.62. The van der Waals surface area contributed by atoms with E-state index in [2.05, 4.69) is 10.6 Å². The highest BCUT2D eigenvalue weighted by Crippen LogP contribution is 2.37. The summed E-state index contributed by atoms with van der Waals surface area (Å²) < 4.78 is 16.5. The van der Waals surface area contributed by atoms with Crippen molar-refractivity contribution >= 4 is 28.9 Å². The molecule has 0 aromatic heterocycles. The molecule has 0 bridgehead atoms. The van der Waals surface area contributed by atoms with E-state index >= 15 is 0 Å². The number of hydrogen-bond acceptors (Lipinski definition) is 5. The van der Waals surface area contributed by atoms with Crippen molar-refractivity contribution in [3.8, 4) is 17.2 Å². The number of anilines is 2. The molecule has 0 saturated carbocycles. The number of benzene rings is 2. The zero-order chi connectivity index (χ0) is 17.6. The van der Waals surface area contributed by atoms with E-state index in [9.17, 15) is 4.79 Å². The minimum Gasteiger partial charge on any atom is -0.492 e. The van der Waals surface area contributed by atoms with Gasteiger partial charge in [0.05, 0.1) is 29.5 Å². The number of ether oxygens (including phenoxy) is 3. The largest absolute Gasteiger partial charge is 0.492 e. The highest BCUT2D eigenvalue weighted by atomic mass is 35.5. The summed E-state index contributed by atoms with van der Waals surface area (Å²) >= 11 is 6.22. The van der Waals surface area contributed by atoms with Crippen LogP contribution in [0.1, 0.15) is 6.92 Å². The lowest BCUT2D eigenvalue weighted by molar-refractivity contribution is -0.114. The van der Waals surface area contributed by atoms with E-state index in [-0.39, 0.29) is 12.5 Å². The third-order valence-corrected chi connectivity index (χ3v) is 3.84.